The van der Waals surface area contributed by atoms with Crippen molar-refractivity contribution in [3.63, 3.8) is 0 Å². The molecule has 1 aromatic heterocycles. The van der Waals surface area contributed by atoms with Crippen LogP contribution in [0.15, 0.2) is 4.52 Å². The molecule has 0 radical (unpaired) electrons. The molecule has 0 aromatic carbocycles. The second kappa shape index (κ2) is 4.75. The maximum atomic E-state index is 5.28. The van der Waals surface area contributed by atoms with E-state index < -0.39 is 0 Å². The van der Waals surface area contributed by atoms with Crippen LogP contribution in [0.1, 0.15) is 56.7 Å². The average Bonchev–Trinajstić information content (AvgIpc) is 2.60. The van der Waals surface area contributed by atoms with Crippen molar-refractivity contribution in [3.8, 4) is 0 Å². The SMILES string of the molecule is CCNCC(C)c1nc(C2CCC2)no1. The zero-order valence-electron chi connectivity index (χ0n) is 9.49. The summed E-state index contributed by atoms with van der Waals surface area (Å²) in [5.41, 5.74) is 0. The number of nitrogens with zero attached hydrogens (tertiary/aromatic N) is 2. The highest BCUT2D eigenvalue weighted by Crippen LogP contribution is 2.34. The van der Waals surface area contributed by atoms with Crippen molar-refractivity contribution < 1.29 is 4.52 Å². The summed E-state index contributed by atoms with van der Waals surface area (Å²) >= 11 is 0. The first kappa shape index (κ1) is 10.6. The van der Waals surface area contributed by atoms with Crippen molar-refractivity contribution in [2.45, 2.75) is 44.9 Å². The summed E-state index contributed by atoms with van der Waals surface area (Å²) in [6, 6.07) is 0. The molecule has 15 heavy (non-hydrogen) atoms. The molecule has 0 aliphatic heterocycles. The van der Waals surface area contributed by atoms with Gasteiger partial charge < -0.3 is 9.84 Å². The normalized spacial score (nSPS) is 18.8. The largest absolute Gasteiger partial charge is 0.339 e. The minimum absolute atomic E-state index is 0.311. The van der Waals surface area contributed by atoms with Crippen LogP contribution in [0.25, 0.3) is 0 Å². The first-order valence-corrected chi connectivity index (χ1v) is 5.85. The van der Waals surface area contributed by atoms with E-state index in [0.717, 1.165) is 24.8 Å². The van der Waals surface area contributed by atoms with E-state index in [0.29, 0.717) is 11.8 Å². The van der Waals surface area contributed by atoms with Gasteiger partial charge >= 0.3 is 0 Å². The summed E-state index contributed by atoms with van der Waals surface area (Å²) < 4.78 is 5.28. The summed E-state index contributed by atoms with van der Waals surface area (Å²) in [6.45, 7) is 6.10. The lowest BCUT2D eigenvalue weighted by Crippen LogP contribution is -2.19. The molecule has 0 amide bonds. The Hall–Kier alpha value is -0.900. The van der Waals surface area contributed by atoms with E-state index in [9.17, 15) is 0 Å². The number of hydrogen-bond acceptors (Lipinski definition) is 4. The molecule has 1 aliphatic rings. The number of likely N-dealkylation sites (N-methyl/N-ethyl adjacent to an activating group) is 1. The van der Waals surface area contributed by atoms with E-state index in [1.807, 2.05) is 0 Å². The molecule has 2 rings (SSSR count). The van der Waals surface area contributed by atoms with Gasteiger partial charge in [0.15, 0.2) is 5.82 Å². The second-order valence-corrected chi connectivity index (χ2v) is 4.33. The fourth-order valence-electron chi connectivity index (χ4n) is 1.73. The quantitative estimate of drug-likeness (QED) is 0.806. The molecular formula is C11H19N3O. The van der Waals surface area contributed by atoms with Gasteiger partial charge in [0.25, 0.3) is 0 Å². The molecule has 1 heterocycles. The van der Waals surface area contributed by atoms with E-state index in [4.69, 9.17) is 4.52 Å². The lowest BCUT2D eigenvalue weighted by molar-refractivity contribution is 0.335. The van der Waals surface area contributed by atoms with Crippen molar-refractivity contribution in [1.29, 1.82) is 0 Å². The number of hydrogen-bond donors (Lipinski definition) is 1. The maximum Gasteiger partial charge on any atom is 0.230 e. The summed E-state index contributed by atoms with van der Waals surface area (Å²) in [7, 11) is 0. The molecule has 0 saturated heterocycles. The van der Waals surface area contributed by atoms with Crippen LogP contribution in [0.3, 0.4) is 0 Å². The lowest BCUT2D eigenvalue weighted by Gasteiger charge is -2.21. The molecule has 1 atom stereocenters. The van der Waals surface area contributed by atoms with Crippen LogP contribution < -0.4 is 5.32 Å². The third-order valence-corrected chi connectivity index (χ3v) is 3.05. The number of nitrogens with one attached hydrogen (secondary N) is 1. The van der Waals surface area contributed by atoms with Crippen molar-refractivity contribution in [2.75, 3.05) is 13.1 Å². The van der Waals surface area contributed by atoms with E-state index in [1.165, 1.54) is 19.3 Å². The smallest absolute Gasteiger partial charge is 0.230 e. The molecule has 1 N–H and O–H groups in total. The van der Waals surface area contributed by atoms with Gasteiger partial charge in [-0.25, -0.2) is 0 Å². The van der Waals surface area contributed by atoms with Gasteiger partial charge in [-0.05, 0) is 19.4 Å². The van der Waals surface area contributed by atoms with Crippen LogP contribution in [-0.4, -0.2) is 23.2 Å². The molecular weight excluding hydrogens is 190 g/mol. The predicted octanol–water partition coefficient (Wildman–Crippen LogP) is 2.05. The van der Waals surface area contributed by atoms with Crippen molar-refractivity contribution in [1.82, 2.24) is 15.5 Å². The Balaban J connectivity index is 1.93. The summed E-state index contributed by atoms with van der Waals surface area (Å²) in [6.07, 6.45) is 3.75. The minimum Gasteiger partial charge on any atom is -0.339 e. The summed E-state index contributed by atoms with van der Waals surface area (Å²) in [5.74, 6) is 2.57. The van der Waals surface area contributed by atoms with E-state index >= 15 is 0 Å². The Labute approximate surface area is 90.4 Å². The maximum absolute atomic E-state index is 5.28. The molecule has 1 fully saturated rings. The zero-order chi connectivity index (χ0) is 10.7. The number of aromatic nitrogens is 2. The molecule has 84 valence electrons. The van der Waals surface area contributed by atoms with Gasteiger partial charge in [-0.1, -0.05) is 25.4 Å². The predicted molar refractivity (Wildman–Crippen MR) is 57.8 cm³/mol. The number of rotatable bonds is 5. The van der Waals surface area contributed by atoms with Gasteiger partial charge in [0.05, 0.1) is 0 Å². The molecule has 4 heteroatoms. The van der Waals surface area contributed by atoms with Crippen LogP contribution in [-0.2, 0) is 0 Å². The zero-order valence-corrected chi connectivity index (χ0v) is 9.49. The van der Waals surface area contributed by atoms with Crippen LogP contribution in [0.5, 0.6) is 0 Å². The Kier molecular flexibility index (Phi) is 3.36. The van der Waals surface area contributed by atoms with Crippen LogP contribution >= 0.6 is 0 Å². The van der Waals surface area contributed by atoms with Gasteiger partial charge in [-0.15, -0.1) is 0 Å². The fraction of sp³-hybridized carbons (Fsp3) is 0.818. The van der Waals surface area contributed by atoms with Gasteiger partial charge in [0, 0.05) is 18.4 Å². The van der Waals surface area contributed by atoms with E-state index in [2.05, 4.69) is 29.3 Å². The Morgan fingerprint density at radius 3 is 2.93 bits per heavy atom. The standard InChI is InChI=1S/C11H19N3O/c1-3-12-7-8(2)11-13-10(14-15-11)9-5-4-6-9/h8-9,12H,3-7H2,1-2H3. The van der Waals surface area contributed by atoms with Crippen molar-refractivity contribution >= 4 is 0 Å². The fourth-order valence-corrected chi connectivity index (χ4v) is 1.73. The first-order valence-electron chi connectivity index (χ1n) is 5.85. The summed E-state index contributed by atoms with van der Waals surface area (Å²) in [5, 5.41) is 7.34. The Bertz CT molecular complexity index is 307. The van der Waals surface area contributed by atoms with Gasteiger partial charge in [-0.2, -0.15) is 4.98 Å². The highest BCUT2D eigenvalue weighted by molar-refractivity contribution is 5.01. The Morgan fingerprint density at radius 2 is 2.33 bits per heavy atom. The molecule has 0 spiro atoms. The third-order valence-electron chi connectivity index (χ3n) is 3.05. The van der Waals surface area contributed by atoms with Crippen molar-refractivity contribution in [3.05, 3.63) is 11.7 Å². The van der Waals surface area contributed by atoms with Gasteiger partial charge in [0.1, 0.15) is 0 Å². The molecule has 4 nitrogen and oxygen atoms in total. The highest BCUT2D eigenvalue weighted by atomic mass is 16.5. The lowest BCUT2D eigenvalue weighted by atomic mass is 9.85. The van der Waals surface area contributed by atoms with Gasteiger partial charge in [-0.3, -0.25) is 0 Å². The van der Waals surface area contributed by atoms with E-state index in [1.54, 1.807) is 0 Å². The second-order valence-electron chi connectivity index (χ2n) is 4.33. The third kappa shape index (κ3) is 2.37. The van der Waals surface area contributed by atoms with Crippen LogP contribution in [0, 0.1) is 0 Å². The molecule has 0 bridgehead atoms. The average molecular weight is 209 g/mol. The summed E-state index contributed by atoms with van der Waals surface area (Å²) in [4.78, 5) is 4.47. The van der Waals surface area contributed by atoms with Crippen LogP contribution in [0.4, 0.5) is 0 Å². The Morgan fingerprint density at radius 1 is 1.53 bits per heavy atom. The first-order chi connectivity index (χ1) is 7.31. The molecule has 1 aromatic rings. The van der Waals surface area contributed by atoms with E-state index in [-0.39, 0.29) is 0 Å². The van der Waals surface area contributed by atoms with Gasteiger partial charge in [0.2, 0.25) is 5.89 Å². The topological polar surface area (TPSA) is 51.0 Å². The molecule has 1 saturated carbocycles. The minimum atomic E-state index is 0.311. The van der Waals surface area contributed by atoms with Crippen LogP contribution in [0.2, 0.25) is 0 Å². The molecule has 1 aliphatic carbocycles. The molecule has 1 unspecified atom stereocenters. The highest BCUT2D eigenvalue weighted by Gasteiger charge is 2.25. The monoisotopic (exact) mass is 209 g/mol. The van der Waals surface area contributed by atoms with Crippen molar-refractivity contribution in [2.24, 2.45) is 0 Å².